The van der Waals surface area contributed by atoms with Gasteiger partial charge < -0.3 is 9.84 Å². The Morgan fingerprint density at radius 1 is 1.33 bits per heavy atom. The van der Waals surface area contributed by atoms with Gasteiger partial charge in [0.15, 0.2) is 0 Å². The molecule has 1 aliphatic heterocycles. The van der Waals surface area contributed by atoms with Gasteiger partial charge in [-0.15, -0.1) is 0 Å². The molecule has 0 saturated heterocycles. The van der Waals surface area contributed by atoms with Crippen LogP contribution in [0.3, 0.4) is 0 Å². The molecule has 1 aromatic carbocycles. The monoisotopic (exact) mass is 246 g/mol. The topological polar surface area (TPSA) is 46.5 Å². The molecular formula is C15H18O3. The molecule has 1 N–H and O–H groups in total. The van der Waals surface area contributed by atoms with E-state index in [1.165, 1.54) is 11.1 Å². The van der Waals surface area contributed by atoms with Crippen molar-refractivity contribution < 1.29 is 14.6 Å². The molecule has 1 aliphatic carbocycles. The van der Waals surface area contributed by atoms with E-state index in [0.717, 1.165) is 25.7 Å². The molecule has 1 saturated carbocycles. The van der Waals surface area contributed by atoms with Gasteiger partial charge in [0.1, 0.15) is 0 Å². The van der Waals surface area contributed by atoms with Gasteiger partial charge in [-0.3, -0.25) is 4.79 Å². The molecule has 0 atom stereocenters. The second-order valence-electron chi connectivity index (χ2n) is 5.48. The van der Waals surface area contributed by atoms with Gasteiger partial charge in [0.2, 0.25) is 0 Å². The summed E-state index contributed by atoms with van der Waals surface area (Å²) < 4.78 is 6.06. The zero-order chi connectivity index (χ0) is 12.6. The number of hydrogen-bond acceptors (Lipinski definition) is 2. The lowest BCUT2D eigenvalue weighted by Crippen LogP contribution is -2.31. The minimum Gasteiger partial charge on any atom is -0.481 e. The third-order valence-electron chi connectivity index (χ3n) is 4.39. The molecule has 96 valence electrons. The van der Waals surface area contributed by atoms with Crippen LogP contribution in [0.15, 0.2) is 24.3 Å². The highest BCUT2D eigenvalue weighted by molar-refractivity contribution is 5.67. The van der Waals surface area contributed by atoms with Crippen LogP contribution >= 0.6 is 0 Å². The summed E-state index contributed by atoms with van der Waals surface area (Å²) in [5.41, 5.74) is 2.51. The number of benzene rings is 1. The summed E-state index contributed by atoms with van der Waals surface area (Å²) in [6.45, 7) is 0.708. The van der Waals surface area contributed by atoms with E-state index in [0.29, 0.717) is 18.9 Å². The predicted octanol–water partition coefficient (Wildman–Crippen LogP) is 3.08. The van der Waals surface area contributed by atoms with Gasteiger partial charge >= 0.3 is 5.97 Å². The number of carbonyl (C=O) groups is 1. The van der Waals surface area contributed by atoms with Gasteiger partial charge in [0.05, 0.1) is 12.2 Å². The van der Waals surface area contributed by atoms with Crippen LogP contribution in [0.5, 0.6) is 0 Å². The van der Waals surface area contributed by atoms with Crippen molar-refractivity contribution in [3.05, 3.63) is 35.4 Å². The Labute approximate surface area is 107 Å². The van der Waals surface area contributed by atoms with Crippen LogP contribution in [-0.2, 0) is 21.7 Å². The summed E-state index contributed by atoms with van der Waals surface area (Å²) in [5.74, 6) is -0.354. The summed E-state index contributed by atoms with van der Waals surface area (Å²) in [6, 6.07) is 8.42. The standard InChI is InChI=1S/C15H18O3/c16-14(17)9-11-5-7-15(8-6-11)13-4-2-1-3-12(13)10-18-15/h1-4,11H,5-10H2,(H,16,17)/t11-,15-. The van der Waals surface area contributed by atoms with Gasteiger partial charge in [-0.2, -0.15) is 0 Å². The van der Waals surface area contributed by atoms with E-state index < -0.39 is 5.97 Å². The molecule has 3 nitrogen and oxygen atoms in total. The second kappa shape index (κ2) is 4.39. The lowest BCUT2D eigenvalue weighted by Gasteiger charge is -2.36. The minimum absolute atomic E-state index is 0.119. The normalized spacial score (nSPS) is 30.3. The molecule has 3 rings (SSSR count). The quantitative estimate of drug-likeness (QED) is 0.872. The van der Waals surface area contributed by atoms with Gasteiger partial charge in [-0.1, -0.05) is 24.3 Å². The van der Waals surface area contributed by atoms with Gasteiger partial charge in [-0.05, 0) is 42.7 Å². The first-order chi connectivity index (χ1) is 8.70. The SMILES string of the molecule is O=C(O)C[C@H]1CC[C@@]2(CC1)OCc1ccccc12. The third kappa shape index (κ3) is 1.93. The fraction of sp³-hybridized carbons (Fsp3) is 0.533. The number of hydrogen-bond donors (Lipinski definition) is 1. The third-order valence-corrected chi connectivity index (χ3v) is 4.39. The van der Waals surface area contributed by atoms with Crippen molar-refractivity contribution in [2.75, 3.05) is 0 Å². The molecule has 1 spiro atoms. The van der Waals surface area contributed by atoms with E-state index in [2.05, 4.69) is 24.3 Å². The zero-order valence-electron chi connectivity index (χ0n) is 10.4. The molecule has 3 heteroatoms. The summed E-state index contributed by atoms with van der Waals surface area (Å²) in [6.07, 6.45) is 4.14. The van der Waals surface area contributed by atoms with Crippen LogP contribution in [0.25, 0.3) is 0 Å². The van der Waals surface area contributed by atoms with Gasteiger partial charge in [-0.25, -0.2) is 0 Å². The lowest BCUT2D eigenvalue weighted by atomic mass is 9.74. The largest absolute Gasteiger partial charge is 0.481 e. The van der Waals surface area contributed by atoms with E-state index in [9.17, 15) is 4.79 Å². The molecule has 0 aromatic heterocycles. The van der Waals surface area contributed by atoms with E-state index in [1.807, 2.05) is 0 Å². The van der Waals surface area contributed by atoms with E-state index in [4.69, 9.17) is 9.84 Å². The molecule has 0 unspecified atom stereocenters. The predicted molar refractivity (Wildman–Crippen MR) is 67.1 cm³/mol. The molecule has 1 heterocycles. The molecule has 0 amide bonds. The second-order valence-corrected chi connectivity index (χ2v) is 5.48. The molecule has 1 fully saturated rings. The Hall–Kier alpha value is -1.35. The van der Waals surface area contributed by atoms with Crippen LogP contribution in [0.1, 0.15) is 43.2 Å². The fourth-order valence-electron chi connectivity index (χ4n) is 3.39. The molecular weight excluding hydrogens is 228 g/mol. The number of carboxylic acids is 1. The summed E-state index contributed by atoms with van der Waals surface area (Å²) in [5, 5.41) is 8.85. The minimum atomic E-state index is -0.677. The number of ether oxygens (including phenoxy) is 1. The van der Waals surface area contributed by atoms with Crippen LogP contribution in [-0.4, -0.2) is 11.1 Å². The van der Waals surface area contributed by atoms with Crippen molar-refractivity contribution in [3.8, 4) is 0 Å². The van der Waals surface area contributed by atoms with Gasteiger partial charge in [0.25, 0.3) is 0 Å². The molecule has 0 bridgehead atoms. The van der Waals surface area contributed by atoms with Crippen molar-refractivity contribution >= 4 is 5.97 Å². The summed E-state index contributed by atoms with van der Waals surface area (Å²) >= 11 is 0. The summed E-state index contributed by atoms with van der Waals surface area (Å²) in [4.78, 5) is 10.7. The Bertz CT molecular complexity index is 459. The van der Waals surface area contributed by atoms with Crippen molar-refractivity contribution in [2.24, 2.45) is 5.92 Å². The maximum absolute atomic E-state index is 10.7. The summed E-state index contributed by atoms with van der Waals surface area (Å²) in [7, 11) is 0. The lowest BCUT2D eigenvalue weighted by molar-refractivity contribution is -0.139. The number of aliphatic carboxylic acids is 1. The maximum atomic E-state index is 10.7. The van der Waals surface area contributed by atoms with Crippen LogP contribution in [0.2, 0.25) is 0 Å². The molecule has 2 aliphatic rings. The number of rotatable bonds is 2. The number of fused-ring (bicyclic) bond motifs is 2. The van der Waals surface area contributed by atoms with Crippen molar-refractivity contribution in [3.63, 3.8) is 0 Å². The Kier molecular flexibility index (Phi) is 2.86. The van der Waals surface area contributed by atoms with Crippen molar-refractivity contribution in [1.29, 1.82) is 0 Å². The first-order valence-electron chi connectivity index (χ1n) is 6.64. The van der Waals surface area contributed by atoms with Crippen LogP contribution in [0.4, 0.5) is 0 Å². The van der Waals surface area contributed by atoms with E-state index >= 15 is 0 Å². The zero-order valence-corrected chi connectivity index (χ0v) is 10.4. The van der Waals surface area contributed by atoms with Crippen molar-refractivity contribution in [1.82, 2.24) is 0 Å². The van der Waals surface area contributed by atoms with Gasteiger partial charge in [0, 0.05) is 6.42 Å². The van der Waals surface area contributed by atoms with Crippen molar-refractivity contribution in [2.45, 2.75) is 44.3 Å². The van der Waals surface area contributed by atoms with E-state index in [-0.39, 0.29) is 5.60 Å². The molecule has 0 radical (unpaired) electrons. The highest BCUT2D eigenvalue weighted by atomic mass is 16.5. The highest BCUT2D eigenvalue weighted by Crippen LogP contribution is 2.48. The van der Waals surface area contributed by atoms with E-state index in [1.54, 1.807) is 0 Å². The highest BCUT2D eigenvalue weighted by Gasteiger charge is 2.42. The molecule has 18 heavy (non-hydrogen) atoms. The first-order valence-corrected chi connectivity index (χ1v) is 6.64. The first kappa shape index (κ1) is 11.7. The Balaban J connectivity index is 1.75. The average Bonchev–Trinajstić information content (AvgIpc) is 2.72. The average molecular weight is 246 g/mol. The smallest absolute Gasteiger partial charge is 0.303 e. The van der Waals surface area contributed by atoms with Crippen LogP contribution in [0, 0.1) is 5.92 Å². The molecule has 1 aromatic rings. The fourth-order valence-corrected chi connectivity index (χ4v) is 3.39. The Morgan fingerprint density at radius 2 is 2.06 bits per heavy atom. The maximum Gasteiger partial charge on any atom is 0.303 e. The Morgan fingerprint density at radius 3 is 2.78 bits per heavy atom. The van der Waals surface area contributed by atoms with Crippen LogP contribution < -0.4 is 0 Å². The number of carboxylic acid groups (broad SMARTS) is 1.